The highest BCUT2D eigenvalue weighted by Crippen LogP contribution is 2.37. The number of benzene rings is 2. The summed E-state index contributed by atoms with van der Waals surface area (Å²) in [7, 11) is 1.48. The van der Waals surface area contributed by atoms with Crippen LogP contribution in [-0.2, 0) is 26.6 Å². The van der Waals surface area contributed by atoms with Crippen molar-refractivity contribution in [3.05, 3.63) is 65.9 Å². The van der Waals surface area contributed by atoms with Gasteiger partial charge in [0.25, 0.3) is 6.02 Å². The molecular weight excluding hydrogens is 427 g/mol. The van der Waals surface area contributed by atoms with Gasteiger partial charge in [-0.1, -0.05) is 30.3 Å². The van der Waals surface area contributed by atoms with Gasteiger partial charge in [0.1, 0.15) is 0 Å². The third-order valence-corrected chi connectivity index (χ3v) is 6.87. The Balaban J connectivity index is 1.60. The van der Waals surface area contributed by atoms with Gasteiger partial charge in [-0.2, -0.15) is 0 Å². The summed E-state index contributed by atoms with van der Waals surface area (Å²) in [6.07, 6.45) is 2.01. The van der Waals surface area contributed by atoms with Gasteiger partial charge in [0, 0.05) is 35.2 Å². The quantitative estimate of drug-likeness (QED) is 0.349. The van der Waals surface area contributed by atoms with Crippen molar-refractivity contribution in [3.8, 4) is 0 Å². The van der Waals surface area contributed by atoms with Crippen LogP contribution in [0.2, 0.25) is 0 Å². The molecule has 0 radical (unpaired) electrons. The van der Waals surface area contributed by atoms with Gasteiger partial charge >= 0.3 is 7.12 Å². The van der Waals surface area contributed by atoms with Crippen molar-refractivity contribution in [2.75, 3.05) is 0 Å². The number of nitrogens with two attached hydrogens (primary N) is 1. The van der Waals surface area contributed by atoms with Crippen molar-refractivity contribution in [3.63, 3.8) is 0 Å². The summed E-state index contributed by atoms with van der Waals surface area (Å²) in [5.41, 5.74) is 8.14. The summed E-state index contributed by atoms with van der Waals surface area (Å²) in [4.78, 5) is 4.51. The molecule has 1 aliphatic rings. The lowest BCUT2D eigenvalue weighted by molar-refractivity contribution is 0.00578. The molecule has 0 atom stereocenters. The topological polar surface area (TPSA) is 94.8 Å². The van der Waals surface area contributed by atoms with E-state index in [1.165, 1.54) is 0 Å². The molecule has 1 aromatic heterocycles. The van der Waals surface area contributed by atoms with Crippen LogP contribution in [0, 0.1) is 5.41 Å². The predicted molar refractivity (Wildman–Crippen MR) is 138 cm³/mol. The Labute approximate surface area is 201 Å². The predicted octanol–water partition coefficient (Wildman–Crippen LogP) is 4.07. The van der Waals surface area contributed by atoms with Crippen LogP contribution < -0.4 is 11.2 Å². The largest absolute Gasteiger partial charge is 0.497 e. The zero-order chi connectivity index (χ0) is 24.9. The first kappa shape index (κ1) is 24.0. The Morgan fingerprint density at radius 1 is 1.06 bits per heavy atom. The number of hydrogen-bond acceptors (Lipinski definition) is 5. The molecule has 7 nitrogen and oxygen atoms in total. The number of nitrogens with one attached hydrogen (secondary N) is 1. The lowest BCUT2D eigenvalue weighted by Crippen LogP contribution is -2.41. The minimum absolute atomic E-state index is 0.0572. The van der Waals surface area contributed by atoms with Crippen molar-refractivity contribution < 1.29 is 14.0 Å². The molecule has 0 bridgehead atoms. The smallest absolute Gasteiger partial charge is 0.407 e. The van der Waals surface area contributed by atoms with Crippen LogP contribution in [0.5, 0.6) is 0 Å². The molecule has 34 heavy (non-hydrogen) atoms. The molecule has 178 valence electrons. The average molecular weight is 460 g/mol. The molecule has 0 saturated carbocycles. The van der Waals surface area contributed by atoms with Crippen molar-refractivity contribution in [2.45, 2.75) is 58.3 Å². The first-order valence-electron chi connectivity index (χ1n) is 11.4. The van der Waals surface area contributed by atoms with Gasteiger partial charge in [0.05, 0.1) is 16.7 Å². The van der Waals surface area contributed by atoms with E-state index in [1.54, 1.807) is 0 Å². The highest BCUT2D eigenvalue weighted by molar-refractivity contribution is 6.65. The minimum Gasteiger partial charge on any atom is -0.407 e. The van der Waals surface area contributed by atoms with Gasteiger partial charge in [-0.05, 0) is 65.3 Å². The number of rotatable bonds is 4. The molecule has 1 fully saturated rings. The van der Waals surface area contributed by atoms with Crippen LogP contribution in [0.25, 0.3) is 10.9 Å². The van der Waals surface area contributed by atoms with Crippen molar-refractivity contribution >= 4 is 35.4 Å². The number of hydrogen-bond donors (Lipinski definition) is 2. The van der Waals surface area contributed by atoms with E-state index >= 15 is 0 Å². The number of nitrogens with zero attached hydrogens (tertiary/aromatic N) is 2. The summed E-state index contributed by atoms with van der Waals surface area (Å²) in [5.74, 6) is -0.0734. The summed E-state index contributed by atoms with van der Waals surface area (Å²) in [6.45, 7) is 12.0. The Bertz CT molecular complexity index is 1250. The van der Waals surface area contributed by atoms with E-state index < -0.39 is 23.9 Å². The minimum atomic E-state index is -0.584. The van der Waals surface area contributed by atoms with Crippen LogP contribution in [0.3, 0.4) is 0 Å². The Morgan fingerprint density at radius 3 is 2.29 bits per heavy atom. The maximum Gasteiger partial charge on any atom is 0.497 e. The van der Waals surface area contributed by atoms with Gasteiger partial charge < -0.3 is 24.3 Å². The number of amidine groups is 1. The number of aromatic nitrogens is 1. The van der Waals surface area contributed by atoms with Crippen LogP contribution >= 0.6 is 0 Å². The summed E-state index contributed by atoms with van der Waals surface area (Å²) < 4.78 is 20.2. The molecule has 8 heteroatoms. The van der Waals surface area contributed by atoms with Crippen LogP contribution in [0.4, 0.5) is 0 Å². The summed E-state index contributed by atoms with van der Waals surface area (Å²) >= 11 is 0. The molecule has 0 unspecified atom stereocenters. The maximum atomic E-state index is 8.51. The lowest BCUT2D eigenvalue weighted by Gasteiger charge is -2.32. The van der Waals surface area contributed by atoms with Gasteiger partial charge in [-0.3, -0.25) is 5.41 Å². The molecular formula is C26H33BN4O3. The van der Waals surface area contributed by atoms with E-state index in [4.69, 9.17) is 25.2 Å². The molecule has 0 amide bonds. The second-order valence-corrected chi connectivity index (χ2v) is 10.3. The van der Waals surface area contributed by atoms with E-state index in [1.807, 2.05) is 108 Å². The molecule has 0 aliphatic carbocycles. The normalized spacial score (nSPS) is 17.9. The zero-order valence-corrected chi connectivity index (χ0v) is 21.0. The molecule has 2 aromatic carbocycles. The third-order valence-electron chi connectivity index (χ3n) is 6.87. The van der Waals surface area contributed by atoms with E-state index in [9.17, 15) is 0 Å². The zero-order valence-electron chi connectivity index (χ0n) is 21.0. The van der Waals surface area contributed by atoms with Crippen LogP contribution in [0.15, 0.2) is 59.7 Å². The first-order valence-corrected chi connectivity index (χ1v) is 11.4. The summed E-state index contributed by atoms with van der Waals surface area (Å²) in [5, 5.41) is 9.45. The van der Waals surface area contributed by atoms with Crippen molar-refractivity contribution in [2.24, 2.45) is 17.8 Å². The molecule has 2 heterocycles. The van der Waals surface area contributed by atoms with Gasteiger partial charge in [-0.25, -0.2) is 4.99 Å². The van der Waals surface area contributed by atoms with Crippen LogP contribution in [-0.4, -0.2) is 34.8 Å². The number of fused-ring (bicyclic) bond motifs is 1. The van der Waals surface area contributed by atoms with Gasteiger partial charge in [-0.15, -0.1) is 0 Å². The van der Waals surface area contributed by atoms with Gasteiger partial charge in [0.2, 0.25) is 5.90 Å². The Hall–Kier alpha value is -3.10. The monoisotopic (exact) mass is 460 g/mol. The fraction of sp³-hybridized carbons (Fsp3) is 0.385. The second kappa shape index (κ2) is 8.29. The number of ether oxygens (including phenoxy) is 1. The SMILES string of the molecule is Cn1cc(B2OC(C)(C)C(C)(C)O2)c2cc(C(=N)OC(N)=NC(C)(C)c3ccccc3)ccc21. The maximum absolute atomic E-state index is 8.51. The highest BCUT2D eigenvalue weighted by atomic mass is 16.7. The third kappa shape index (κ3) is 4.35. The Morgan fingerprint density at radius 2 is 1.68 bits per heavy atom. The van der Waals surface area contributed by atoms with E-state index in [0.717, 1.165) is 21.9 Å². The average Bonchev–Trinajstić information content (AvgIpc) is 3.19. The van der Waals surface area contributed by atoms with Crippen molar-refractivity contribution in [1.82, 2.24) is 4.57 Å². The van der Waals surface area contributed by atoms with E-state index in [-0.39, 0.29) is 11.9 Å². The van der Waals surface area contributed by atoms with Crippen LogP contribution in [0.1, 0.15) is 52.7 Å². The van der Waals surface area contributed by atoms with Crippen molar-refractivity contribution in [1.29, 1.82) is 5.41 Å². The molecule has 1 saturated heterocycles. The standard InChI is InChI=1S/C26H33BN4O3/c1-24(2,18-11-9-8-10-12-18)30-23(29)32-22(28)17-13-14-21-19(15-17)20(16-31(21)7)27-33-25(3,4)26(5,6)34-27/h8-16,28H,1-7H3,(H2,29,30). The molecule has 0 spiro atoms. The van der Waals surface area contributed by atoms with E-state index in [2.05, 4.69) is 4.99 Å². The molecule has 1 aliphatic heterocycles. The second-order valence-electron chi connectivity index (χ2n) is 10.3. The fourth-order valence-corrected chi connectivity index (χ4v) is 4.09. The Kier molecular flexibility index (Phi) is 5.86. The highest BCUT2D eigenvalue weighted by Gasteiger charge is 2.52. The van der Waals surface area contributed by atoms with E-state index in [0.29, 0.717) is 5.56 Å². The van der Waals surface area contributed by atoms with Gasteiger partial charge in [0.15, 0.2) is 0 Å². The number of aliphatic imine (C=N–C) groups is 1. The number of aryl methyl sites for hydroxylation is 1. The summed E-state index contributed by atoms with van der Waals surface area (Å²) in [6, 6.07) is 15.5. The molecule has 4 rings (SSSR count). The lowest BCUT2D eigenvalue weighted by atomic mass is 9.79. The first-order chi connectivity index (χ1) is 15.8. The molecule has 3 N–H and O–H groups in total. The fourth-order valence-electron chi connectivity index (χ4n) is 4.09. The molecule has 3 aromatic rings.